The number of rotatable bonds is 5. The topological polar surface area (TPSA) is 76.0 Å². The van der Waals surface area contributed by atoms with Crippen molar-refractivity contribution in [2.45, 2.75) is 20.4 Å². The molecule has 0 fully saturated rings. The van der Waals surface area contributed by atoms with Gasteiger partial charge in [-0.1, -0.05) is 34.1 Å². The van der Waals surface area contributed by atoms with Gasteiger partial charge in [0.1, 0.15) is 5.82 Å². The molecule has 0 radical (unpaired) electrons. The van der Waals surface area contributed by atoms with E-state index >= 15 is 0 Å². The second kappa shape index (κ2) is 8.18. The van der Waals surface area contributed by atoms with E-state index in [4.69, 9.17) is 0 Å². The average molecular weight is 427 g/mol. The van der Waals surface area contributed by atoms with Gasteiger partial charge in [0.15, 0.2) is 0 Å². The third kappa shape index (κ3) is 4.83. The Morgan fingerprint density at radius 2 is 1.85 bits per heavy atom. The summed E-state index contributed by atoms with van der Waals surface area (Å²) in [5.41, 5.74) is 3.10. The quantitative estimate of drug-likeness (QED) is 0.650. The molecule has 2 amide bonds. The van der Waals surface area contributed by atoms with Gasteiger partial charge in [-0.25, -0.2) is 4.68 Å². The molecule has 7 heteroatoms. The van der Waals surface area contributed by atoms with Crippen LogP contribution in [0.4, 0.5) is 5.82 Å². The van der Waals surface area contributed by atoms with Crippen LogP contribution in [0.5, 0.6) is 0 Å². The van der Waals surface area contributed by atoms with Gasteiger partial charge in [-0.05, 0) is 42.8 Å². The number of aryl methyl sites for hydroxylation is 1. The first-order valence-electron chi connectivity index (χ1n) is 8.40. The van der Waals surface area contributed by atoms with Gasteiger partial charge < -0.3 is 10.6 Å². The predicted octanol–water partition coefficient (Wildman–Crippen LogP) is 3.83. The van der Waals surface area contributed by atoms with Gasteiger partial charge in [-0.15, -0.1) is 0 Å². The second-order valence-corrected chi connectivity index (χ2v) is 7.04. The van der Waals surface area contributed by atoms with Gasteiger partial charge >= 0.3 is 0 Å². The number of hydrogen-bond donors (Lipinski definition) is 2. The standard InChI is InChI=1S/C20H19BrN4O2/c1-13-10-19(25(24-13)18-5-3-4-17(21)11-18)23-20(27)16-8-6-15(7-9-16)12-22-14(2)26/h3-11H,12H2,1-2H3,(H,22,26)(H,23,27). The monoisotopic (exact) mass is 426 g/mol. The Hall–Kier alpha value is -2.93. The van der Waals surface area contributed by atoms with Crippen LogP contribution in [0.3, 0.4) is 0 Å². The Labute approximate surface area is 165 Å². The molecule has 6 nitrogen and oxygen atoms in total. The van der Waals surface area contributed by atoms with Crippen LogP contribution in [-0.2, 0) is 11.3 Å². The van der Waals surface area contributed by atoms with E-state index in [-0.39, 0.29) is 11.8 Å². The Kier molecular flexibility index (Phi) is 5.71. The van der Waals surface area contributed by atoms with Crippen molar-refractivity contribution in [3.63, 3.8) is 0 Å². The summed E-state index contributed by atoms with van der Waals surface area (Å²) in [6.45, 7) is 3.78. The number of aromatic nitrogens is 2. The number of amides is 2. The summed E-state index contributed by atoms with van der Waals surface area (Å²) in [4.78, 5) is 23.6. The normalized spacial score (nSPS) is 10.5. The van der Waals surface area contributed by atoms with E-state index in [0.717, 1.165) is 21.4 Å². The van der Waals surface area contributed by atoms with Gasteiger partial charge in [0.2, 0.25) is 5.91 Å². The molecule has 0 bridgehead atoms. The minimum absolute atomic E-state index is 0.0898. The first-order chi connectivity index (χ1) is 12.9. The van der Waals surface area contributed by atoms with Crippen molar-refractivity contribution in [1.29, 1.82) is 0 Å². The molecule has 3 rings (SSSR count). The van der Waals surface area contributed by atoms with Crippen LogP contribution in [0.25, 0.3) is 5.69 Å². The van der Waals surface area contributed by atoms with Crippen molar-refractivity contribution in [1.82, 2.24) is 15.1 Å². The van der Waals surface area contributed by atoms with E-state index < -0.39 is 0 Å². The maximum atomic E-state index is 12.6. The summed E-state index contributed by atoms with van der Waals surface area (Å²) in [6, 6.07) is 16.6. The molecule has 0 unspecified atom stereocenters. The molecule has 1 aromatic heterocycles. The summed E-state index contributed by atoms with van der Waals surface area (Å²) < 4.78 is 2.63. The molecule has 138 valence electrons. The molecule has 0 aliphatic heterocycles. The van der Waals surface area contributed by atoms with Crippen molar-refractivity contribution in [3.8, 4) is 5.69 Å². The number of carbonyl (C=O) groups excluding carboxylic acids is 2. The second-order valence-electron chi connectivity index (χ2n) is 6.12. The zero-order chi connectivity index (χ0) is 19.4. The molecular weight excluding hydrogens is 408 g/mol. The first kappa shape index (κ1) is 18.8. The van der Waals surface area contributed by atoms with Gasteiger partial charge in [0.05, 0.1) is 11.4 Å². The van der Waals surface area contributed by atoms with E-state index in [1.165, 1.54) is 6.92 Å². The zero-order valence-electron chi connectivity index (χ0n) is 15.0. The molecule has 1 heterocycles. The molecular formula is C20H19BrN4O2. The highest BCUT2D eigenvalue weighted by molar-refractivity contribution is 9.10. The summed E-state index contributed by atoms with van der Waals surface area (Å²) in [6.07, 6.45) is 0. The smallest absolute Gasteiger partial charge is 0.256 e. The third-order valence-electron chi connectivity index (χ3n) is 3.88. The summed E-state index contributed by atoms with van der Waals surface area (Å²) in [7, 11) is 0. The number of anilines is 1. The van der Waals surface area contributed by atoms with Crippen molar-refractivity contribution in [3.05, 3.63) is 75.9 Å². The fraction of sp³-hybridized carbons (Fsp3) is 0.150. The van der Waals surface area contributed by atoms with E-state index in [2.05, 4.69) is 31.7 Å². The SMILES string of the molecule is CC(=O)NCc1ccc(C(=O)Nc2cc(C)nn2-c2cccc(Br)c2)cc1. The molecule has 0 aliphatic carbocycles. The fourth-order valence-corrected chi connectivity index (χ4v) is 2.97. The maximum Gasteiger partial charge on any atom is 0.256 e. The molecule has 0 saturated carbocycles. The van der Waals surface area contributed by atoms with Crippen LogP contribution in [0.15, 0.2) is 59.1 Å². The molecule has 0 saturated heterocycles. The lowest BCUT2D eigenvalue weighted by Gasteiger charge is -2.10. The first-order valence-corrected chi connectivity index (χ1v) is 9.19. The molecule has 27 heavy (non-hydrogen) atoms. The summed E-state index contributed by atoms with van der Waals surface area (Å²) in [5, 5.41) is 10.1. The van der Waals surface area contributed by atoms with Crippen molar-refractivity contribution >= 4 is 33.6 Å². The van der Waals surface area contributed by atoms with Crippen LogP contribution < -0.4 is 10.6 Å². The fourth-order valence-electron chi connectivity index (χ4n) is 2.58. The Morgan fingerprint density at radius 3 is 2.52 bits per heavy atom. The van der Waals surface area contributed by atoms with Gasteiger partial charge in [-0.2, -0.15) is 5.10 Å². The highest BCUT2D eigenvalue weighted by Crippen LogP contribution is 2.21. The average Bonchev–Trinajstić information content (AvgIpc) is 3.00. The van der Waals surface area contributed by atoms with Crippen LogP contribution in [0, 0.1) is 6.92 Å². The molecule has 0 atom stereocenters. The van der Waals surface area contributed by atoms with Crippen LogP contribution in [0.2, 0.25) is 0 Å². The summed E-state index contributed by atoms with van der Waals surface area (Å²) in [5.74, 6) is 0.281. The van der Waals surface area contributed by atoms with Crippen molar-refractivity contribution < 1.29 is 9.59 Å². The van der Waals surface area contributed by atoms with E-state index in [1.54, 1.807) is 16.8 Å². The molecule has 0 aliphatic rings. The molecule has 3 aromatic rings. The van der Waals surface area contributed by atoms with E-state index in [9.17, 15) is 9.59 Å². The predicted molar refractivity (Wildman–Crippen MR) is 108 cm³/mol. The van der Waals surface area contributed by atoms with Crippen LogP contribution >= 0.6 is 15.9 Å². The third-order valence-corrected chi connectivity index (χ3v) is 4.38. The highest BCUT2D eigenvalue weighted by atomic mass is 79.9. The lowest BCUT2D eigenvalue weighted by Crippen LogP contribution is -2.19. The lowest BCUT2D eigenvalue weighted by atomic mass is 10.1. The minimum Gasteiger partial charge on any atom is -0.352 e. The largest absolute Gasteiger partial charge is 0.352 e. The minimum atomic E-state index is -0.225. The van der Waals surface area contributed by atoms with Crippen LogP contribution in [-0.4, -0.2) is 21.6 Å². The van der Waals surface area contributed by atoms with E-state index in [1.807, 2.05) is 49.4 Å². The molecule has 0 spiro atoms. The number of benzene rings is 2. The highest BCUT2D eigenvalue weighted by Gasteiger charge is 2.13. The van der Waals surface area contributed by atoms with E-state index in [0.29, 0.717) is 17.9 Å². The summed E-state index contributed by atoms with van der Waals surface area (Å²) >= 11 is 3.45. The number of carbonyl (C=O) groups is 2. The number of nitrogens with zero attached hydrogens (tertiary/aromatic N) is 2. The molecule has 2 aromatic carbocycles. The Balaban J connectivity index is 1.77. The van der Waals surface area contributed by atoms with Gasteiger partial charge in [0.25, 0.3) is 5.91 Å². The molecule has 2 N–H and O–H groups in total. The number of hydrogen-bond acceptors (Lipinski definition) is 3. The maximum absolute atomic E-state index is 12.6. The van der Waals surface area contributed by atoms with Crippen molar-refractivity contribution in [2.75, 3.05) is 5.32 Å². The lowest BCUT2D eigenvalue weighted by molar-refractivity contribution is -0.119. The number of nitrogens with one attached hydrogen (secondary N) is 2. The van der Waals surface area contributed by atoms with Gasteiger partial charge in [0, 0.05) is 29.6 Å². The Bertz CT molecular complexity index is 980. The van der Waals surface area contributed by atoms with Gasteiger partial charge in [-0.3, -0.25) is 9.59 Å². The van der Waals surface area contributed by atoms with Crippen molar-refractivity contribution in [2.24, 2.45) is 0 Å². The van der Waals surface area contributed by atoms with Crippen LogP contribution in [0.1, 0.15) is 28.5 Å². The number of halogens is 1. The Morgan fingerprint density at radius 1 is 1.11 bits per heavy atom. The zero-order valence-corrected chi connectivity index (χ0v) is 16.6.